The molecule has 0 heterocycles. The summed E-state index contributed by atoms with van der Waals surface area (Å²) in [5.41, 5.74) is 6.01. The van der Waals surface area contributed by atoms with Gasteiger partial charge in [0, 0.05) is 25.6 Å². The molecule has 4 nitrogen and oxygen atoms in total. The first kappa shape index (κ1) is 17.4. The van der Waals surface area contributed by atoms with Crippen molar-refractivity contribution in [2.75, 3.05) is 34.2 Å². The van der Waals surface area contributed by atoms with Crippen LogP contribution in [-0.2, 0) is 4.79 Å². The van der Waals surface area contributed by atoms with Crippen LogP contribution < -0.4 is 5.73 Å². The molecule has 4 heteroatoms. The normalized spacial score (nSPS) is 19.0. The number of likely N-dealkylation sites (N-methyl/N-ethyl adjacent to an activating group) is 2. The molecule has 0 aromatic rings. The molecule has 118 valence electrons. The Balaban J connectivity index is 2.50. The van der Waals surface area contributed by atoms with Crippen LogP contribution in [0, 0.1) is 11.8 Å². The van der Waals surface area contributed by atoms with Crippen LogP contribution in [0.15, 0.2) is 0 Å². The second-order valence-corrected chi connectivity index (χ2v) is 7.16. The monoisotopic (exact) mass is 283 g/mol. The minimum Gasteiger partial charge on any atom is -0.344 e. The lowest BCUT2D eigenvalue weighted by Gasteiger charge is -2.49. The van der Waals surface area contributed by atoms with E-state index in [4.69, 9.17) is 5.73 Å². The first-order chi connectivity index (χ1) is 9.30. The Morgan fingerprint density at radius 3 is 2.20 bits per heavy atom. The molecule has 1 amide bonds. The molecule has 1 aliphatic carbocycles. The summed E-state index contributed by atoms with van der Waals surface area (Å²) in [4.78, 5) is 16.6. The lowest BCUT2D eigenvalue weighted by molar-refractivity contribution is -0.133. The maximum atomic E-state index is 12.4. The van der Waals surface area contributed by atoms with Crippen molar-refractivity contribution in [3.8, 4) is 0 Å². The van der Waals surface area contributed by atoms with E-state index >= 15 is 0 Å². The molecule has 0 spiro atoms. The number of rotatable bonds is 8. The van der Waals surface area contributed by atoms with Crippen molar-refractivity contribution in [1.29, 1.82) is 0 Å². The van der Waals surface area contributed by atoms with E-state index in [0.717, 1.165) is 13.0 Å². The highest BCUT2D eigenvalue weighted by molar-refractivity contribution is 5.76. The fraction of sp³-hybridized carbons (Fsp3) is 0.938. The van der Waals surface area contributed by atoms with Gasteiger partial charge in [0.05, 0.1) is 0 Å². The molecule has 1 unspecified atom stereocenters. The van der Waals surface area contributed by atoms with E-state index in [1.165, 1.54) is 19.3 Å². The van der Waals surface area contributed by atoms with Gasteiger partial charge in [-0.2, -0.15) is 0 Å². The third-order valence-corrected chi connectivity index (χ3v) is 4.79. The Hall–Kier alpha value is -0.610. The van der Waals surface area contributed by atoms with Gasteiger partial charge in [-0.1, -0.05) is 13.8 Å². The van der Waals surface area contributed by atoms with Gasteiger partial charge in [0.25, 0.3) is 0 Å². The molecule has 1 saturated carbocycles. The molecular weight excluding hydrogens is 250 g/mol. The minimum absolute atomic E-state index is 0.209. The summed E-state index contributed by atoms with van der Waals surface area (Å²) in [6.45, 7) is 5.83. The van der Waals surface area contributed by atoms with Crippen LogP contribution in [0.4, 0.5) is 0 Å². The third kappa shape index (κ3) is 4.45. The van der Waals surface area contributed by atoms with Gasteiger partial charge in [0.15, 0.2) is 0 Å². The molecule has 0 aromatic carbocycles. The highest BCUT2D eigenvalue weighted by Crippen LogP contribution is 2.36. The number of nitrogens with zero attached hydrogens (tertiary/aromatic N) is 2. The molecule has 0 radical (unpaired) electrons. The van der Waals surface area contributed by atoms with Gasteiger partial charge in [0.1, 0.15) is 0 Å². The summed E-state index contributed by atoms with van der Waals surface area (Å²) in [6, 6.07) is 0. The fourth-order valence-corrected chi connectivity index (χ4v) is 3.19. The van der Waals surface area contributed by atoms with Crippen molar-refractivity contribution in [3.05, 3.63) is 0 Å². The van der Waals surface area contributed by atoms with E-state index in [1.54, 1.807) is 0 Å². The summed E-state index contributed by atoms with van der Waals surface area (Å²) in [6.07, 6.45) is 5.30. The number of nitrogens with two attached hydrogens (primary N) is 1. The fourth-order valence-electron chi connectivity index (χ4n) is 3.19. The maximum Gasteiger partial charge on any atom is 0.222 e. The molecule has 0 aromatic heterocycles. The average molecular weight is 283 g/mol. The SMILES string of the molecule is CC(C)CC(CN)CC(=O)N(C)CC1(N(C)C)CCC1. The highest BCUT2D eigenvalue weighted by Gasteiger charge is 2.40. The molecule has 1 aliphatic rings. The first-order valence-corrected chi connectivity index (χ1v) is 7.92. The van der Waals surface area contributed by atoms with Gasteiger partial charge in [0.2, 0.25) is 5.91 Å². The van der Waals surface area contributed by atoms with Crippen LogP contribution in [0.2, 0.25) is 0 Å². The van der Waals surface area contributed by atoms with Crippen LogP contribution in [0.5, 0.6) is 0 Å². The van der Waals surface area contributed by atoms with Crippen molar-refractivity contribution in [3.63, 3.8) is 0 Å². The summed E-state index contributed by atoms with van der Waals surface area (Å²) in [5, 5.41) is 0. The van der Waals surface area contributed by atoms with Crippen molar-refractivity contribution in [1.82, 2.24) is 9.80 Å². The molecule has 2 N–H and O–H groups in total. The van der Waals surface area contributed by atoms with Crippen LogP contribution in [0.25, 0.3) is 0 Å². The average Bonchev–Trinajstić information content (AvgIpc) is 2.31. The van der Waals surface area contributed by atoms with Crippen LogP contribution >= 0.6 is 0 Å². The van der Waals surface area contributed by atoms with Gasteiger partial charge in [-0.05, 0) is 58.2 Å². The van der Waals surface area contributed by atoms with E-state index < -0.39 is 0 Å². The van der Waals surface area contributed by atoms with Gasteiger partial charge in [-0.15, -0.1) is 0 Å². The highest BCUT2D eigenvalue weighted by atomic mass is 16.2. The van der Waals surface area contributed by atoms with Crippen LogP contribution in [0.3, 0.4) is 0 Å². The van der Waals surface area contributed by atoms with Crippen molar-refractivity contribution < 1.29 is 4.79 Å². The Bertz CT molecular complexity index is 311. The molecule has 0 bridgehead atoms. The van der Waals surface area contributed by atoms with Crippen LogP contribution in [0.1, 0.15) is 46.0 Å². The third-order valence-electron chi connectivity index (χ3n) is 4.79. The molecule has 0 aliphatic heterocycles. The van der Waals surface area contributed by atoms with Gasteiger partial charge in [-0.25, -0.2) is 0 Å². The Morgan fingerprint density at radius 1 is 1.25 bits per heavy atom. The number of amides is 1. The lowest BCUT2D eigenvalue weighted by Crippen LogP contribution is -2.57. The minimum atomic E-state index is 0.209. The smallest absolute Gasteiger partial charge is 0.222 e. The molecular formula is C16H33N3O. The van der Waals surface area contributed by atoms with E-state index in [2.05, 4.69) is 32.8 Å². The molecule has 1 fully saturated rings. The van der Waals surface area contributed by atoms with Gasteiger partial charge >= 0.3 is 0 Å². The Morgan fingerprint density at radius 2 is 1.85 bits per heavy atom. The quantitative estimate of drug-likeness (QED) is 0.740. The molecule has 0 saturated heterocycles. The van der Waals surface area contributed by atoms with Gasteiger partial charge < -0.3 is 15.5 Å². The van der Waals surface area contributed by atoms with Crippen molar-refractivity contribution >= 4 is 5.91 Å². The van der Waals surface area contributed by atoms with E-state index in [-0.39, 0.29) is 11.4 Å². The van der Waals surface area contributed by atoms with E-state index in [1.807, 2.05) is 11.9 Å². The summed E-state index contributed by atoms with van der Waals surface area (Å²) in [5.74, 6) is 1.16. The zero-order valence-electron chi connectivity index (χ0n) is 14.0. The topological polar surface area (TPSA) is 49.6 Å². The summed E-state index contributed by atoms with van der Waals surface area (Å²) >= 11 is 0. The lowest BCUT2D eigenvalue weighted by atomic mass is 9.75. The zero-order valence-corrected chi connectivity index (χ0v) is 14.0. The predicted molar refractivity (Wildman–Crippen MR) is 84.5 cm³/mol. The largest absolute Gasteiger partial charge is 0.344 e. The second kappa shape index (κ2) is 7.41. The Labute approximate surface area is 124 Å². The first-order valence-electron chi connectivity index (χ1n) is 7.92. The standard InChI is InChI=1S/C16H33N3O/c1-13(2)9-14(11-17)10-15(20)19(5)12-16(18(3)4)7-6-8-16/h13-14H,6-12,17H2,1-5H3. The number of hydrogen-bond donors (Lipinski definition) is 1. The van der Waals surface area contributed by atoms with E-state index in [9.17, 15) is 4.79 Å². The number of hydrogen-bond acceptors (Lipinski definition) is 3. The Kier molecular flexibility index (Phi) is 6.46. The molecule has 1 atom stereocenters. The van der Waals surface area contributed by atoms with E-state index in [0.29, 0.717) is 24.8 Å². The maximum absolute atomic E-state index is 12.4. The second-order valence-electron chi connectivity index (χ2n) is 7.16. The summed E-state index contributed by atoms with van der Waals surface area (Å²) < 4.78 is 0. The van der Waals surface area contributed by atoms with Crippen LogP contribution in [-0.4, -0.2) is 55.5 Å². The van der Waals surface area contributed by atoms with Gasteiger partial charge in [-0.3, -0.25) is 4.79 Å². The van der Waals surface area contributed by atoms with Crippen molar-refractivity contribution in [2.24, 2.45) is 17.6 Å². The molecule has 1 rings (SSSR count). The van der Waals surface area contributed by atoms with Crippen molar-refractivity contribution in [2.45, 2.75) is 51.5 Å². The zero-order chi connectivity index (χ0) is 15.3. The number of carbonyl (C=O) groups excluding carboxylic acids is 1. The predicted octanol–water partition coefficient (Wildman–Crippen LogP) is 1.94. The number of carbonyl (C=O) groups is 1. The summed E-state index contributed by atoms with van der Waals surface area (Å²) in [7, 11) is 6.19. The molecule has 20 heavy (non-hydrogen) atoms.